The van der Waals surface area contributed by atoms with Crippen molar-refractivity contribution in [1.82, 2.24) is 0 Å². The molecule has 0 saturated heterocycles. The van der Waals surface area contributed by atoms with Crippen LogP contribution in [0.4, 0.5) is 0 Å². The molecule has 0 aromatic carbocycles. The summed E-state index contributed by atoms with van der Waals surface area (Å²) in [5.41, 5.74) is 0. The van der Waals surface area contributed by atoms with Gasteiger partial charge in [-0.3, -0.25) is 4.57 Å². The molecule has 0 spiro atoms. The minimum Gasteiger partial charge on any atom is -0.759 e. The number of nitrogens with zero attached hydrogens (tertiary/aromatic N) is 2. The quantitative estimate of drug-likeness (QED) is 0.203. The van der Waals surface area contributed by atoms with Gasteiger partial charge in [-0.25, -0.2) is 9.25 Å². The van der Waals surface area contributed by atoms with Gasteiger partial charge in [0.1, 0.15) is 0 Å². The van der Waals surface area contributed by atoms with Crippen molar-refractivity contribution in [3.05, 3.63) is 20.2 Å². The maximum Gasteiger partial charge on any atom is 1.00 e. The maximum atomic E-state index is 9.95. The summed E-state index contributed by atoms with van der Waals surface area (Å²) in [6.45, 7) is 0. The van der Waals surface area contributed by atoms with Crippen LogP contribution in [0.25, 0.3) is 0 Å². The second-order valence-electron chi connectivity index (χ2n) is 1.06. The van der Waals surface area contributed by atoms with E-state index >= 15 is 0 Å². The van der Waals surface area contributed by atoms with Gasteiger partial charge in [0, 0.05) is 0 Å². The molecule has 0 radical (unpaired) electrons. The molecular weight excluding hydrogens is 226 g/mol. The minimum absolute atomic E-state index is 0. The van der Waals surface area contributed by atoms with Crippen molar-refractivity contribution in [2.45, 2.75) is 0 Å². The first-order valence-corrected chi connectivity index (χ1v) is 3.29. The van der Waals surface area contributed by atoms with E-state index in [1.807, 2.05) is 0 Å². The zero-order valence-corrected chi connectivity index (χ0v) is 9.63. The summed E-state index contributed by atoms with van der Waals surface area (Å²) >= 11 is 0. The Labute approximate surface area is 107 Å². The van der Waals surface area contributed by atoms with Crippen LogP contribution in [-0.2, 0) is 13.8 Å². The summed E-state index contributed by atoms with van der Waals surface area (Å²) in [7, 11) is -5.45. The van der Waals surface area contributed by atoms with E-state index in [1.54, 1.807) is 0 Å². The predicted molar refractivity (Wildman–Crippen MR) is 23.8 cm³/mol. The number of hydrogen-bond acceptors (Lipinski definition) is 8. The fourth-order valence-corrected chi connectivity index (χ4v) is 0.535. The van der Waals surface area contributed by atoms with Crippen molar-refractivity contribution in [3.63, 3.8) is 0 Å². The van der Waals surface area contributed by atoms with Gasteiger partial charge in [0.15, 0.2) is 0 Å². The molecule has 0 saturated carbocycles. The molecule has 64 valence electrons. The Morgan fingerprint density at radius 2 is 1.33 bits per heavy atom. The van der Waals surface area contributed by atoms with Crippen LogP contribution < -0.4 is 56.3 Å². The molecule has 0 N–H and O–H groups in total. The van der Waals surface area contributed by atoms with Gasteiger partial charge in [-0.15, -0.1) is 20.2 Å². The van der Waals surface area contributed by atoms with Crippen LogP contribution in [0.3, 0.4) is 0 Å². The summed E-state index contributed by atoms with van der Waals surface area (Å²) in [5, 5.41) is 15.1. The number of hydrogen-bond donors (Lipinski definition) is 0. The molecule has 0 bridgehead atoms. The van der Waals surface area contributed by atoms with Crippen LogP contribution in [-0.4, -0.2) is 10.2 Å². The fourth-order valence-electron chi connectivity index (χ4n) is 0.178. The molecule has 0 fully saturated rings. The van der Waals surface area contributed by atoms with Crippen LogP contribution in [0.2, 0.25) is 0 Å². The predicted octanol–water partition coefficient (Wildman–Crippen LogP) is -4.12. The average molecular weight is 226 g/mol. The normalized spacial score (nSPS) is 9.42. The van der Waals surface area contributed by atoms with Gasteiger partial charge in [0.25, 0.3) is 0 Å². The molecule has 10 nitrogen and oxygen atoms in total. The fraction of sp³-hybridized carbons (Fsp3) is 0. The number of rotatable bonds is 4. The van der Waals surface area contributed by atoms with Gasteiger partial charge in [-0.2, -0.15) is 0 Å². The Balaban J connectivity index is 0. The van der Waals surface area contributed by atoms with E-state index in [0.717, 1.165) is 0 Å². The van der Waals surface area contributed by atoms with E-state index in [0.29, 0.717) is 0 Å². The maximum absolute atomic E-state index is 9.95. The Morgan fingerprint density at radius 3 is 1.50 bits per heavy atom. The zero-order chi connectivity index (χ0) is 9.07. The molecule has 0 heterocycles. The minimum atomic E-state index is -5.45. The van der Waals surface area contributed by atoms with Crippen molar-refractivity contribution in [3.8, 4) is 0 Å². The molecule has 0 unspecified atom stereocenters. The topological polar surface area (TPSA) is 145 Å². The van der Waals surface area contributed by atoms with Gasteiger partial charge in [0.05, 0.1) is 0 Å². The molecule has 0 atom stereocenters. The molecule has 0 aromatic heterocycles. The van der Waals surface area contributed by atoms with Crippen molar-refractivity contribution in [2.75, 3.05) is 0 Å². The van der Waals surface area contributed by atoms with Gasteiger partial charge in [-0.05, 0) is 0 Å². The molecule has 0 aliphatic heterocycles. The Bertz CT molecular complexity index is 203. The Hall–Kier alpha value is 0.226. The smallest absolute Gasteiger partial charge is 0.759 e. The van der Waals surface area contributed by atoms with Crippen LogP contribution >= 0.6 is 7.82 Å². The summed E-state index contributed by atoms with van der Waals surface area (Å²) < 4.78 is 15.6. The van der Waals surface area contributed by atoms with Crippen LogP contribution in [0.15, 0.2) is 0 Å². The Kier molecular flexibility index (Phi) is 7.12. The first-order chi connectivity index (χ1) is 4.83. The van der Waals surface area contributed by atoms with Crippen LogP contribution in [0.5, 0.6) is 0 Å². The monoisotopic (exact) mass is 226 g/mol. The van der Waals surface area contributed by atoms with E-state index in [9.17, 15) is 29.7 Å². The van der Waals surface area contributed by atoms with Gasteiger partial charge >= 0.3 is 69.4 Å². The standard InChI is InChI=1S/K.HN2O8P/c;3-1(4)9-11(7,8)10-2(5)6/h;(H,7,8)/q+1;/p-1. The molecule has 12 heavy (non-hydrogen) atoms. The van der Waals surface area contributed by atoms with Crippen LogP contribution in [0, 0.1) is 20.2 Å². The molecule has 0 aromatic rings. The van der Waals surface area contributed by atoms with E-state index < -0.39 is 18.0 Å². The second kappa shape index (κ2) is 5.80. The van der Waals surface area contributed by atoms with Gasteiger partial charge in [0.2, 0.25) is 0 Å². The Morgan fingerprint density at radius 1 is 1.08 bits per heavy atom. The zero-order valence-electron chi connectivity index (χ0n) is 5.61. The SMILES string of the molecule is O=[N+]([O-])OP(=O)([O-])O[N+](=O)[O-].[K+]. The third-order valence-electron chi connectivity index (χ3n) is 0.333. The molecule has 0 amide bonds. The van der Waals surface area contributed by atoms with Crippen molar-refractivity contribution in [2.24, 2.45) is 0 Å². The van der Waals surface area contributed by atoms with Crippen molar-refractivity contribution < 1.29 is 80.3 Å². The van der Waals surface area contributed by atoms with Gasteiger partial charge in [-0.1, -0.05) is 0 Å². The average Bonchev–Trinajstić information content (AvgIpc) is 1.53. The van der Waals surface area contributed by atoms with E-state index in [2.05, 4.69) is 9.25 Å². The third-order valence-corrected chi connectivity index (χ3v) is 1.00. The van der Waals surface area contributed by atoms with Crippen molar-refractivity contribution >= 4 is 7.82 Å². The molecule has 0 aliphatic rings. The van der Waals surface area contributed by atoms with Gasteiger partial charge < -0.3 is 4.89 Å². The molecular formula is KN2O8P. The summed E-state index contributed by atoms with van der Waals surface area (Å²) in [6.07, 6.45) is 0. The summed E-state index contributed by atoms with van der Waals surface area (Å²) in [5.74, 6) is 0. The second-order valence-corrected chi connectivity index (χ2v) is 2.28. The van der Waals surface area contributed by atoms with E-state index in [1.165, 1.54) is 0 Å². The van der Waals surface area contributed by atoms with Crippen LogP contribution in [0.1, 0.15) is 0 Å². The van der Waals surface area contributed by atoms with E-state index in [4.69, 9.17) is 0 Å². The first kappa shape index (κ1) is 14.7. The molecule has 12 heteroatoms. The van der Waals surface area contributed by atoms with E-state index in [-0.39, 0.29) is 51.4 Å². The summed E-state index contributed by atoms with van der Waals surface area (Å²) in [4.78, 5) is 28.6. The molecule has 0 aliphatic carbocycles. The summed E-state index contributed by atoms with van der Waals surface area (Å²) in [6, 6.07) is 0. The largest absolute Gasteiger partial charge is 1.00 e. The third kappa shape index (κ3) is 8.32. The molecule has 0 rings (SSSR count). The van der Waals surface area contributed by atoms with Crippen molar-refractivity contribution in [1.29, 1.82) is 0 Å². The first-order valence-electron chi connectivity index (χ1n) is 1.83. The number of phosphoric acid groups is 1.